The van der Waals surface area contributed by atoms with E-state index in [-0.39, 0.29) is 17.9 Å². The summed E-state index contributed by atoms with van der Waals surface area (Å²) in [7, 11) is 3.82. The summed E-state index contributed by atoms with van der Waals surface area (Å²) in [5.41, 5.74) is 7.33. The van der Waals surface area contributed by atoms with E-state index in [1.165, 1.54) is 0 Å². The second-order valence-corrected chi connectivity index (χ2v) is 5.13. The minimum atomic E-state index is -0.251. The molecule has 100 valence electrons. The Morgan fingerprint density at radius 3 is 2.50 bits per heavy atom. The highest BCUT2D eigenvalue weighted by Crippen LogP contribution is 2.28. The molecule has 18 heavy (non-hydrogen) atoms. The smallest absolute Gasteiger partial charge is 0.228 e. The van der Waals surface area contributed by atoms with E-state index in [4.69, 9.17) is 17.3 Å². The van der Waals surface area contributed by atoms with E-state index in [0.717, 1.165) is 5.69 Å². The van der Waals surface area contributed by atoms with Crippen LogP contribution in [-0.4, -0.2) is 26.0 Å². The van der Waals surface area contributed by atoms with Crippen molar-refractivity contribution in [3.8, 4) is 0 Å². The van der Waals surface area contributed by atoms with Gasteiger partial charge in [-0.3, -0.25) is 4.79 Å². The molecule has 5 heteroatoms. The highest BCUT2D eigenvalue weighted by Gasteiger charge is 2.18. The summed E-state index contributed by atoms with van der Waals surface area (Å²) in [5, 5.41) is 3.46. The molecule has 0 bridgehead atoms. The number of carbonyl (C=O) groups excluding carboxylic acids is 1. The van der Waals surface area contributed by atoms with E-state index in [2.05, 4.69) is 5.32 Å². The van der Waals surface area contributed by atoms with Gasteiger partial charge in [0.1, 0.15) is 0 Å². The second-order valence-electron chi connectivity index (χ2n) is 4.69. The van der Waals surface area contributed by atoms with Crippen molar-refractivity contribution in [3.05, 3.63) is 23.2 Å². The van der Waals surface area contributed by atoms with Crippen LogP contribution in [0.15, 0.2) is 18.2 Å². The fourth-order valence-electron chi connectivity index (χ4n) is 1.48. The van der Waals surface area contributed by atoms with Crippen LogP contribution in [0.3, 0.4) is 0 Å². The molecule has 0 spiro atoms. The van der Waals surface area contributed by atoms with Crippen LogP contribution in [0.25, 0.3) is 0 Å². The Balaban J connectivity index is 2.96. The molecular weight excluding hydrogens is 250 g/mol. The number of rotatable bonds is 4. The van der Waals surface area contributed by atoms with Crippen LogP contribution < -0.4 is 16.0 Å². The molecule has 1 amide bonds. The van der Waals surface area contributed by atoms with Crippen molar-refractivity contribution in [1.29, 1.82) is 0 Å². The zero-order valence-electron chi connectivity index (χ0n) is 11.2. The van der Waals surface area contributed by atoms with E-state index < -0.39 is 0 Å². The summed E-state index contributed by atoms with van der Waals surface area (Å²) in [6, 6.07) is 5.21. The predicted octanol–water partition coefficient (Wildman–Crippen LogP) is 2.33. The maximum Gasteiger partial charge on any atom is 0.228 e. The Morgan fingerprint density at radius 2 is 2.00 bits per heavy atom. The molecule has 4 nitrogen and oxygen atoms in total. The van der Waals surface area contributed by atoms with E-state index in [1.807, 2.05) is 32.0 Å². The summed E-state index contributed by atoms with van der Waals surface area (Å²) in [6.45, 7) is 3.62. The standard InChI is InChI=1S/C13H20ClN3O/c1-8(9(2)15)13(18)16-11-7-10(14)5-6-12(11)17(3)4/h5-9H,15H2,1-4H3,(H,16,18). The van der Waals surface area contributed by atoms with Gasteiger partial charge < -0.3 is 16.0 Å². The molecule has 2 unspecified atom stereocenters. The van der Waals surface area contributed by atoms with Crippen molar-refractivity contribution in [1.82, 2.24) is 0 Å². The average Bonchev–Trinajstić information content (AvgIpc) is 2.27. The summed E-state index contributed by atoms with van der Waals surface area (Å²) in [6.07, 6.45) is 0. The monoisotopic (exact) mass is 269 g/mol. The maximum absolute atomic E-state index is 12.0. The molecule has 0 aliphatic carbocycles. The molecule has 0 aliphatic rings. The van der Waals surface area contributed by atoms with Crippen LogP contribution in [0.2, 0.25) is 5.02 Å². The fourth-order valence-corrected chi connectivity index (χ4v) is 1.66. The average molecular weight is 270 g/mol. The van der Waals surface area contributed by atoms with Crippen molar-refractivity contribution in [2.45, 2.75) is 19.9 Å². The Bertz CT molecular complexity index is 432. The molecule has 1 rings (SSSR count). The number of hydrogen-bond donors (Lipinski definition) is 2. The van der Waals surface area contributed by atoms with Gasteiger partial charge in [0.2, 0.25) is 5.91 Å². The first-order chi connectivity index (χ1) is 8.32. The van der Waals surface area contributed by atoms with E-state index >= 15 is 0 Å². The quantitative estimate of drug-likeness (QED) is 0.882. The third-order valence-corrected chi connectivity index (χ3v) is 3.14. The molecule has 2 atom stereocenters. The topological polar surface area (TPSA) is 58.4 Å². The third-order valence-electron chi connectivity index (χ3n) is 2.90. The number of amides is 1. The van der Waals surface area contributed by atoms with Gasteiger partial charge in [-0.2, -0.15) is 0 Å². The number of benzene rings is 1. The van der Waals surface area contributed by atoms with Crippen molar-refractivity contribution in [2.24, 2.45) is 11.7 Å². The highest BCUT2D eigenvalue weighted by molar-refractivity contribution is 6.31. The molecule has 0 saturated heterocycles. The number of anilines is 2. The lowest BCUT2D eigenvalue weighted by molar-refractivity contribution is -0.119. The Hall–Kier alpha value is -1.26. The SMILES string of the molecule is CC(N)C(C)C(=O)Nc1cc(Cl)ccc1N(C)C. The van der Waals surface area contributed by atoms with E-state index in [9.17, 15) is 4.79 Å². The lowest BCUT2D eigenvalue weighted by Crippen LogP contribution is -2.34. The van der Waals surface area contributed by atoms with Gasteiger partial charge in [0.15, 0.2) is 0 Å². The first-order valence-corrected chi connectivity index (χ1v) is 6.24. The van der Waals surface area contributed by atoms with Crippen LogP contribution in [0.4, 0.5) is 11.4 Å². The summed E-state index contributed by atoms with van der Waals surface area (Å²) >= 11 is 5.95. The molecule has 0 aromatic heterocycles. The van der Waals surface area contributed by atoms with Crippen molar-refractivity contribution >= 4 is 28.9 Å². The van der Waals surface area contributed by atoms with Gasteiger partial charge >= 0.3 is 0 Å². The molecule has 0 fully saturated rings. The first kappa shape index (κ1) is 14.8. The number of nitrogens with one attached hydrogen (secondary N) is 1. The lowest BCUT2D eigenvalue weighted by Gasteiger charge is -2.20. The molecule has 0 heterocycles. The molecular formula is C13H20ClN3O. The van der Waals surface area contributed by atoms with Gasteiger partial charge in [0, 0.05) is 25.2 Å². The first-order valence-electron chi connectivity index (χ1n) is 5.86. The summed E-state index contributed by atoms with van der Waals surface area (Å²) in [4.78, 5) is 13.9. The summed E-state index contributed by atoms with van der Waals surface area (Å²) in [5.74, 6) is -0.352. The van der Waals surface area contributed by atoms with Crippen LogP contribution in [0.1, 0.15) is 13.8 Å². The minimum Gasteiger partial charge on any atom is -0.376 e. The minimum absolute atomic E-state index is 0.102. The van der Waals surface area contributed by atoms with Crippen LogP contribution in [0.5, 0.6) is 0 Å². The van der Waals surface area contributed by atoms with E-state index in [1.54, 1.807) is 19.1 Å². The highest BCUT2D eigenvalue weighted by atomic mass is 35.5. The van der Waals surface area contributed by atoms with E-state index in [0.29, 0.717) is 10.7 Å². The molecule has 3 N–H and O–H groups in total. The van der Waals surface area contributed by atoms with Gasteiger partial charge in [0.25, 0.3) is 0 Å². The van der Waals surface area contributed by atoms with Gasteiger partial charge in [0.05, 0.1) is 17.3 Å². The Labute approximate surface area is 113 Å². The van der Waals surface area contributed by atoms with Crippen molar-refractivity contribution in [2.75, 3.05) is 24.3 Å². The van der Waals surface area contributed by atoms with Gasteiger partial charge in [-0.05, 0) is 25.1 Å². The molecule has 0 radical (unpaired) electrons. The number of hydrogen-bond acceptors (Lipinski definition) is 3. The lowest BCUT2D eigenvalue weighted by atomic mass is 10.0. The van der Waals surface area contributed by atoms with Crippen molar-refractivity contribution in [3.63, 3.8) is 0 Å². The zero-order valence-corrected chi connectivity index (χ0v) is 12.0. The third kappa shape index (κ3) is 3.62. The van der Waals surface area contributed by atoms with Gasteiger partial charge in [-0.1, -0.05) is 18.5 Å². The predicted molar refractivity (Wildman–Crippen MR) is 77.2 cm³/mol. The number of halogens is 1. The molecule has 0 saturated carbocycles. The maximum atomic E-state index is 12.0. The van der Waals surface area contributed by atoms with Crippen molar-refractivity contribution < 1.29 is 4.79 Å². The molecule has 0 aliphatic heterocycles. The normalized spacial score (nSPS) is 13.9. The van der Waals surface area contributed by atoms with Crippen LogP contribution in [-0.2, 0) is 4.79 Å². The van der Waals surface area contributed by atoms with Gasteiger partial charge in [-0.25, -0.2) is 0 Å². The molecule has 1 aromatic carbocycles. The van der Waals surface area contributed by atoms with Crippen LogP contribution >= 0.6 is 11.6 Å². The Kier molecular flexibility index (Phi) is 4.99. The second kappa shape index (κ2) is 6.07. The Morgan fingerprint density at radius 1 is 1.39 bits per heavy atom. The molecule has 1 aromatic rings. The summed E-state index contributed by atoms with van der Waals surface area (Å²) < 4.78 is 0. The fraction of sp³-hybridized carbons (Fsp3) is 0.462. The number of nitrogens with two attached hydrogens (primary N) is 1. The number of carbonyl (C=O) groups is 1. The van der Waals surface area contributed by atoms with Crippen LogP contribution in [0, 0.1) is 5.92 Å². The zero-order chi connectivity index (χ0) is 13.9. The largest absolute Gasteiger partial charge is 0.376 e. The number of nitrogens with zero attached hydrogens (tertiary/aromatic N) is 1. The van der Waals surface area contributed by atoms with Gasteiger partial charge in [-0.15, -0.1) is 0 Å².